The number of nitrogens with zero attached hydrogens (tertiary/aromatic N) is 1. The lowest BCUT2D eigenvalue weighted by Crippen LogP contribution is -2.24. The first-order valence-corrected chi connectivity index (χ1v) is 9.41. The standard InChI is InChI=1S/C22H16ClF4NO3/c23-16-7-2-8-17(24)18(16)19(20(29)14-5-3-9-28-11-14)21(30)31-12-13-4-1-6-15(10-13)22(25,26)27/h1-11,19-20,29H,12H2. The summed E-state index contributed by atoms with van der Waals surface area (Å²) < 4.78 is 58.4. The molecule has 0 spiro atoms. The van der Waals surface area contributed by atoms with Gasteiger partial charge in [0.15, 0.2) is 0 Å². The van der Waals surface area contributed by atoms with E-state index in [4.69, 9.17) is 16.3 Å². The number of aliphatic hydroxyl groups is 1. The molecular formula is C22H16ClF4NO3. The fraction of sp³-hybridized carbons (Fsp3) is 0.182. The van der Waals surface area contributed by atoms with Crippen LogP contribution in [0.5, 0.6) is 0 Å². The molecule has 0 aliphatic carbocycles. The third kappa shape index (κ3) is 5.39. The number of benzene rings is 2. The van der Waals surface area contributed by atoms with Crippen molar-refractivity contribution in [3.8, 4) is 0 Å². The van der Waals surface area contributed by atoms with Gasteiger partial charge in [-0.3, -0.25) is 9.78 Å². The minimum absolute atomic E-state index is 0.0809. The fourth-order valence-electron chi connectivity index (χ4n) is 3.04. The summed E-state index contributed by atoms with van der Waals surface area (Å²) in [6.07, 6.45) is -3.36. The Morgan fingerprint density at radius 2 is 1.87 bits per heavy atom. The van der Waals surface area contributed by atoms with Crippen molar-refractivity contribution in [1.82, 2.24) is 4.98 Å². The van der Waals surface area contributed by atoms with Crippen LogP contribution in [0.4, 0.5) is 17.6 Å². The van der Waals surface area contributed by atoms with Crippen LogP contribution in [0, 0.1) is 5.82 Å². The molecule has 1 heterocycles. The smallest absolute Gasteiger partial charge is 0.416 e. The largest absolute Gasteiger partial charge is 0.460 e. The Hall–Kier alpha value is -2.97. The van der Waals surface area contributed by atoms with Gasteiger partial charge in [-0.2, -0.15) is 13.2 Å². The van der Waals surface area contributed by atoms with Crippen molar-refractivity contribution in [2.45, 2.75) is 24.8 Å². The van der Waals surface area contributed by atoms with E-state index in [1.165, 1.54) is 48.8 Å². The van der Waals surface area contributed by atoms with Gasteiger partial charge in [0, 0.05) is 28.5 Å². The van der Waals surface area contributed by atoms with Gasteiger partial charge in [-0.15, -0.1) is 0 Å². The van der Waals surface area contributed by atoms with E-state index in [0.29, 0.717) is 0 Å². The van der Waals surface area contributed by atoms with Gasteiger partial charge in [0.05, 0.1) is 11.7 Å². The van der Waals surface area contributed by atoms with Crippen molar-refractivity contribution in [3.63, 3.8) is 0 Å². The molecule has 0 aliphatic rings. The molecule has 9 heteroatoms. The van der Waals surface area contributed by atoms with Crippen molar-refractivity contribution in [2.75, 3.05) is 0 Å². The maximum atomic E-state index is 14.5. The van der Waals surface area contributed by atoms with Gasteiger partial charge in [-0.05, 0) is 35.9 Å². The predicted molar refractivity (Wildman–Crippen MR) is 105 cm³/mol. The number of ether oxygens (including phenoxy) is 1. The minimum Gasteiger partial charge on any atom is -0.460 e. The van der Waals surface area contributed by atoms with Crippen LogP contribution in [0.15, 0.2) is 67.0 Å². The molecule has 31 heavy (non-hydrogen) atoms. The number of pyridine rings is 1. The van der Waals surface area contributed by atoms with Gasteiger partial charge in [0.1, 0.15) is 18.3 Å². The average Bonchev–Trinajstić information content (AvgIpc) is 2.74. The molecule has 3 rings (SSSR count). The highest BCUT2D eigenvalue weighted by atomic mass is 35.5. The van der Waals surface area contributed by atoms with Crippen LogP contribution in [0.1, 0.15) is 34.3 Å². The van der Waals surface area contributed by atoms with Crippen molar-refractivity contribution in [2.24, 2.45) is 0 Å². The third-order valence-corrected chi connectivity index (χ3v) is 4.87. The molecule has 0 amide bonds. The average molecular weight is 454 g/mol. The summed E-state index contributed by atoms with van der Waals surface area (Å²) in [4.78, 5) is 16.7. The van der Waals surface area contributed by atoms with E-state index in [1.807, 2.05) is 0 Å². The first kappa shape index (κ1) is 22.7. The number of alkyl halides is 3. The molecule has 162 valence electrons. The second kappa shape index (κ2) is 9.45. The van der Waals surface area contributed by atoms with Gasteiger partial charge in [-0.1, -0.05) is 35.9 Å². The Bertz CT molecular complexity index is 1040. The normalized spacial score (nSPS) is 13.5. The van der Waals surface area contributed by atoms with Gasteiger partial charge in [-0.25, -0.2) is 4.39 Å². The van der Waals surface area contributed by atoms with Crippen LogP contribution < -0.4 is 0 Å². The predicted octanol–water partition coefficient (Wildman–Crippen LogP) is 5.45. The highest BCUT2D eigenvalue weighted by molar-refractivity contribution is 6.31. The van der Waals surface area contributed by atoms with Crippen LogP contribution in [0.25, 0.3) is 0 Å². The lowest BCUT2D eigenvalue weighted by atomic mass is 9.89. The Labute approximate surface area is 180 Å². The summed E-state index contributed by atoms with van der Waals surface area (Å²) in [5, 5.41) is 10.7. The van der Waals surface area contributed by atoms with Gasteiger partial charge in [0.2, 0.25) is 0 Å². The molecule has 0 saturated heterocycles. The Balaban J connectivity index is 1.90. The SMILES string of the molecule is O=C(OCc1cccc(C(F)(F)F)c1)C(c1c(F)cccc1Cl)C(O)c1cccnc1. The van der Waals surface area contributed by atoms with Crippen LogP contribution in [-0.2, 0) is 22.3 Å². The van der Waals surface area contributed by atoms with Gasteiger partial charge >= 0.3 is 12.1 Å². The first-order valence-electron chi connectivity index (χ1n) is 9.03. The Kier molecular flexibility index (Phi) is 6.92. The lowest BCUT2D eigenvalue weighted by Gasteiger charge is -2.23. The molecule has 0 saturated carbocycles. The van der Waals surface area contributed by atoms with E-state index in [2.05, 4.69) is 4.98 Å². The van der Waals surface area contributed by atoms with Crippen LogP contribution >= 0.6 is 11.6 Å². The molecule has 0 bridgehead atoms. The number of carbonyl (C=O) groups is 1. The number of aliphatic hydroxyl groups excluding tert-OH is 1. The Morgan fingerprint density at radius 3 is 2.52 bits per heavy atom. The van der Waals surface area contributed by atoms with Crippen LogP contribution in [-0.4, -0.2) is 16.1 Å². The molecule has 1 N–H and O–H groups in total. The highest BCUT2D eigenvalue weighted by Crippen LogP contribution is 2.37. The molecule has 2 atom stereocenters. The fourth-order valence-corrected chi connectivity index (χ4v) is 3.32. The zero-order valence-electron chi connectivity index (χ0n) is 15.8. The van der Waals surface area contributed by atoms with E-state index < -0.39 is 42.2 Å². The zero-order valence-corrected chi connectivity index (χ0v) is 16.6. The Morgan fingerprint density at radius 1 is 1.13 bits per heavy atom. The second-order valence-electron chi connectivity index (χ2n) is 6.65. The monoisotopic (exact) mass is 453 g/mol. The number of halogens is 5. The topological polar surface area (TPSA) is 59.4 Å². The number of esters is 1. The minimum atomic E-state index is -4.56. The number of aromatic nitrogens is 1. The molecule has 4 nitrogen and oxygen atoms in total. The number of hydrogen-bond acceptors (Lipinski definition) is 4. The summed E-state index contributed by atoms with van der Waals surface area (Å²) in [5.74, 6) is -3.46. The molecule has 0 aliphatic heterocycles. The van der Waals surface area contributed by atoms with E-state index in [0.717, 1.165) is 18.2 Å². The van der Waals surface area contributed by atoms with Crippen molar-refractivity contribution in [3.05, 3.63) is 100 Å². The number of rotatable bonds is 6. The molecule has 1 aromatic heterocycles. The number of hydrogen-bond donors (Lipinski definition) is 1. The van der Waals surface area contributed by atoms with Crippen molar-refractivity contribution < 1.29 is 32.2 Å². The lowest BCUT2D eigenvalue weighted by molar-refractivity contribution is -0.150. The molecule has 0 fully saturated rings. The molecule has 2 unspecified atom stereocenters. The summed E-state index contributed by atoms with van der Waals surface area (Å²) in [5.41, 5.74) is -0.889. The van der Waals surface area contributed by atoms with Crippen molar-refractivity contribution >= 4 is 17.6 Å². The summed E-state index contributed by atoms with van der Waals surface area (Å²) in [6.45, 7) is -0.509. The highest BCUT2D eigenvalue weighted by Gasteiger charge is 2.35. The van der Waals surface area contributed by atoms with Crippen LogP contribution in [0.3, 0.4) is 0 Å². The van der Waals surface area contributed by atoms with Crippen molar-refractivity contribution in [1.29, 1.82) is 0 Å². The quantitative estimate of drug-likeness (QED) is 0.398. The molecule has 2 aromatic carbocycles. The second-order valence-corrected chi connectivity index (χ2v) is 7.06. The van der Waals surface area contributed by atoms with Gasteiger partial charge in [0.25, 0.3) is 0 Å². The van der Waals surface area contributed by atoms with E-state index >= 15 is 0 Å². The summed E-state index contributed by atoms with van der Waals surface area (Å²) >= 11 is 6.09. The summed E-state index contributed by atoms with van der Waals surface area (Å²) in [6, 6.07) is 11.0. The van der Waals surface area contributed by atoms with Gasteiger partial charge < -0.3 is 9.84 Å². The molecule has 3 aromatic rings. The first-order chi connectivity index (χ1) is 14.7. The van der Waals surface area contributed by atoms with E-state index in [1.54, 1.807) is 0 Å². The maximum absolute atomic E-state index is 14.5. The summed E-state index contributed by atoms with van der Waals surface area (Å²) in [7, 11) is 0. The zero-order chi connectivity index (χ0) is 22.6. The van der Waals surface area contributed by atoms with Crippen LogP contribution in [0.2, 0.25) is 5.02 Å². The number of carbonyl (C=O) groups excluding carboxylic acids is 1. The molecule has 0 radical (unpaired) electrons. The third-order valence-electron chi connectivity index (χ3n) is 4.54. The maximum Gasteiger partial charge on any atom is 0.416 e. The molecular weight excluding hydrogens is 438 g/mol. The van der Waals surface area contributed by atoms with E-state index in [9.17, 15) is 27.5 Å². The van der Waals surface area contributed by atoms with E-state index in [-0.39, 0.29) is 21.7 Å².